The Morgan fingerprint density at radius 1 is 1.08 bits per heavy atom. The highest BCUT2D eigenvalue weighted by atomic mass is 19.1. The number of carbonyl (C=O) groups is 2. The predicted octanol–water partition coefficient (Wildman–Crippen LogP) is 3.69. The number of halogens is 1. The van der Waals surface area contributed by atoms with Crippen LogP contribution in [-0.2, 0) is 13.0 Å². The highest BCUT2D eigenvalue weighted by molar-refractivity contribution is 5.87. The highest BCUT2D eigenvalue weighted by Gasteiger charge is 2.12. The molecule has 0 aliphatic carbocycles. The van der Waals surface area contributed by atoms with Gasteiger partial charge in [-0.25, -0.2) is 14.0 Å². The summed E-state index contributed by atoms with van der Waals surface area (Å²) in [6.45, 7) is 3.42. The molecule has 6 heteroatoms. The van der Waals surface area contributed by atoms with Gasteiger partial charge in [-0.15, -0.1) is 0 Å². The molecule has 2 amide bonds. The summed E-state index contributed by atoms with van der Waals surface area (Å²) in [5.41, 5.74) is 1.89. The van der Waals surface area contributed by atoms with Gasteiger partial charge in [-0.2, -0.15) is 0 Å². The molecule has 0 radical (unpaired) electrons. The molecule has 0 saturated heterocycles. The van der Waals surface area contributed by atoms with Gasteiger partial charge in [0, 0.05) is 19.6 Å². The quantitative estimate of drug-likeness (QED) is 0.756. The minimum atomic E-state index is -0.980. The number of hydrogen-bond donors (Lipinski definition) is 2. The summed E-state index contributed by atoms with van der Waals surface area (Å²) < 4.78 is 13.3. The number of urea groups is 1. The molecule has 0 aliphatic rings. The summed E-state index contributed by atoms with van der Waals surface area (Å²) in [6.07, 6.45) is 1.41. The van der Waals surface area contributed by atoms with Crippen LogP contribution in [0, 0.1) is 5.82 Å². The van der Waals surface area contributed by atoms with Crippen molar-refractivity contribution in [3.63, 3.8) is 0 Å². The smallest absolute Gasteiger partial charge is 0.335 e. The zero-order valence-corrected chi connectivity index (χ0v) is 14.7. The molecule has 0 spiro atoms. The Bertz CT molecular complexity index is 747. The molecule has 2 aromatic rings. The third-order valence-electron chi connectivity index (χ3n) is 3.98. The second-order valence-corrected chi connectivity index (χ2v) is 6.03. The average molecular weight is 358 g/mol. The third-order valence-corrected chi connectivity index (χ3v) is 3.98. The van der Waals surface area contributed by atoms with E-state index in [0.29, 0.717) is 26.1 Å². The van der Waals surface area contributed by atoms with Crippen molar-refractivity contribution in [2.24, 2.45) is 0 Å². The van der Waals surface area contributed by atoms with E-state index in [-0.39, 0.29) is 17.4 Å². The third kappa shape index (κ3) is 5.88. The van der Waals surface area contributed by atoms with Gasteiger partial charge < -0.3 is 15.3 Å². The molecule has 138 valence electrons. The van der Waals surface area contributed by atoms with E-state index in [2.05, 4.69) is 5.32 Å². The van der Waals surface area contributed by atoms with Crippen molar-refractivity contribution in [1.29, 1.82) is 0 Å². The van der Waals surface area contributed by atoms with E-state index in [0.717, 1.165) is 17.5 Å². The van der Waals surface area contributed by atoms with Crippen molar-refractivity contribution < 1.29 is 19.1 Å². The maximum atomic E-state index is 13.3. The second kappa shape index (κ2) is 9.56. The Kier molecular flexibility index (Phi) is 7.14. The van der Waals surface area contributed by atoms with E-state index < -0.39 is 5.97 Å². The molecule has 5 nitrogen and oxygen atoms in total. The fourth-order valence-corrected chi connectivity index (χ4v) is 2.60. The fourth-order valence-electron chi connectivity index (χ4n) is 2.60. The van der Waals surface area contributed by atoms with Gasteiger partial charge in [0.05, 0.1) is 5.56 Å². The summed E-state index contributed by atoms with van der Waals surface area (Å²) in [5.74, 6) is -1.26. The Morgan fingerprint density at radius 2 is 1.81 bits per heavy atom. The first kappa shape index (κ1) is 19.4. The van der Waals surface area contributed by atoms with Crippen molar-refractivity contribution in [3.8, 4) is 0 Å². The maximum absolute atomic E-state index is 13.3. The monoisotopic (exact) mass is 358 g/mol. The van der Waals surface area contributed by atoms with Crippen molar-refractivity contribution in [3.05, 3.63) is 71.0 Å². The zero-order valence-electron chi connectivity index (χ0n) is 14.7. The van der Waals surface area contributed by atoms with Gasteiger partial charge in [-0.3, -0.25) is 0 Å². The van der Waals surface area contributed by atoms with E-state index in [9.17, 15) is 14.0 Å². The molecule has 2 rings (SSSR count). The molecule has 2 aromatic carbocycles. The Balaban J connectivity index is 1.89. The molecule has 0 unspecified atom stereocenters. The first-order valence-electron chi connectivity index (χ1n) is 8.59. The molecular weight excluding hydrogens is 335 g/mol. The number of carboxylic acids is 1. The van der Waals surface area contributed by atoms with Crippen LogP contribution in [0.5, 0.6) is 0 Å². The highest BCUT2D eigenvalue weighted by Crippen LogP contribution is 2.07. The van der Waals surface area contributed by atoms with Gasteiger partial charge in [0.15, 0.2) is 0 Å². The van der Waals surface area contributed by atoms with Crippen LogP contribution in [0.4, 0.5) is 9.18 Å². The van der Waals surface area contributed by atoms with Gasteiger partial charge >= 0.3 is 12.0 Å². The molecule has 0 fully saturated rings. The first-order chi connectivity index (χ1) is 12.5. The lowest BCUT2D eigenvalue weighted by atomic mass is 10.1. The predicted molar refractivity (Wildman–Crippen MR) is 97.6 cm³/mol. The van der Waals surface area contributed by atoms with Gasteiger partial charge in [0.25, 0.3) is 0 Å². The van der Waals surface area contributed by atoms with E-state index in [1.807, 2.05) is 13.0 Å². The molecular formula is C20H23FN2O3. The summed E-state index contributed by atoms with van der Waals surface area (Å²) in [5, 5.41) is 11.7. The van der Waals surface area contributed by atoms with E-state index in [1.54, 1.807) is 23.1 Å². The Labute approximate surface area is 152 Å². The van der Waals surface area contributed by atoms with Crippen molar-refractivity contribution >= 4 is 12.0 Å². The van der Waals surface area contributed by atoms with E-state index >= 15 is 0 Å². The SMILES string of the molecule is CCCN(CCc1cccc(F)c1)C(=O)NCc1ccc(C(=O)O)cc1. The molecule has 0 heterocycles. The number of benzene rings is 2. The topological polar surface area (TPSA) is 69.6 Å². The van der Waals surface area contributed by atoms with Gasteiger partial charge in [0.2, 0.25) is 0 Å². The van der Waals surface area contributed by atoms with Crippen molar-refractivity contribution in [1.82, 2.24) is 10.2 Å². The van der Waals surface area contributed by atoms with Crippen LogP contribution >= 0.6 is 0 Å². The molecule has 0 aliphatic heterocycles. The van der Waals surface area contributed by atoms with Crippen LogP contribution in [-0.4, -0.2) is 35.1 Å². The number of nitrogens with zero attached hydrogens (tertiary/aromatic N) is 1. The van der Waals surface area contributed by atoms with Gasteiger partial charge in [-0.1, -0.05) is 31.2 Å². The molecule has 0 aromatic heterocycles. The van der Waals surface area contributed by atoms with Crippen LogP contribution in [0.3, 0.4) is 0 Å². The summed E-state index contributed by atoms with van der Waals surface area (Å²) in [4.78, 5) is 25.0. The lowest BCUT2D eigenvalue weighted by Crippen LogP contribution is -2.41. The number of hydrogen-bond acceptors (Lipinski definition) is 2. The molecule has 26 heavy (non-hydrogen) atoms. The minimum absolute atomic E-state index is 0.189. The summed E-state index contributed by atoms with van der Waals surface area (Å²) in [6, 6.07) is 12.6. The lowest BCUT2D eigenvalue weighted by Gasteiger charge is -2.22. The Hall–Kier alpha value is -2.89. The molecule has 0 saturated carbocycles. The first-order valence-corrected chi connectivity index (χ1v) is 8.59. The number of amides is 2. The molecule has 2 N–H and O–H groups in total. The van der Waals surface area contributed by atoms with Crippen LogP contribution in [0.2, 0.25) is 0 Å². The van der Waals surface area contributed by atoms with E-state index in [1.165, 1.54) is 24.3 Å². The summed E-state index contributed by atoms with van der Waals surface area (Å²) >= 11 is 0. The standard InChI is InChI=1S/C20H23FN2O3/c1-2-11-23(12-10-15-4-3-5-18(21)13-15)20(26)22-14-16-6-8-17(9-7-16)19(24)25/h3-9,13H,2,10-12,14H2,1H3,(H,22,26)(H,24,25). The Morgan fingerprint density at radius 3 is 2.42 bits per heavy atom. The summed E-state index contributed by atoms with van der Waals surface area (Å²) in [7, 11) is 0. The number of rotatable bonds is 8. The number of nitrogens with one attached hydrogen (secondary N) is 1. The van der Waals surface area contributed by atoms with Crippen molar-refractivity contribution in [2.75, 3.05) is 13.1 Å². The molecule has 0 bridgehead atoms. The average Bonchev–Trinajstić information content (AvgIpc) is 2.63. The maximum Gasteiger partial charge on any atom is 0.335 e. The van der Waals surface area contributed by atoms with Crippen LogP contribution in [0.15, 0.2) is 48.5 Å². The van der Waals surface area contributed by atoms with Crippen LogP contribution in [0.25, 0.3) is 0 Å². The largest absolute Gasteiger partial charge is 0.478 e. The number of aromatic carboxylic acids is 1. The normalized spacial score (nSPS) is 10.4. The zero-order chi connectivity index (χ0) is 18.9. The minimum Gasteiger partial charge on any atom is -0.478 e. The van der Waals surface area contributed by atoms with Gasteiger partial charge in [-0.05, 0) is 48.2 Å². The van der Waals surface area contributed by atoms with Crippen LogP contribution in [0.1, 0.15) is 34.8 Å². The molecule has 0 atom stereocenters. The van der Waals surface area contributed by atoms with Crippen LogP contribution < -0.4 is 5.32 Å². The fraction of sp³-hybridized carbons (Fsp3) is 0.300. The lowest BCUT2D eigenvalue weighted by molar-refractivity contribution is 0.0697. The number of carboxylic acid groups (broad SMARTS) is 1. The second-order valence-electron chi connectivity index (χ2n) is 6.03. The van der Waals surface area contributed by atoms with Gasteiger partial charge in [0.1, 0.15) is 5.82 Å². The van der Waals surface area contributed by atoms with Crippen molar-refractivity contribution in [2.45, 2.75) is 26.3 Å². The number of carbonyl (C=O) groups excluding carboxylic acids is 1. The van der Waals surface area contributed by atoms with E-state index in [4.69, 9.17) is 5.11 Å².